The number of carbonyl (C=O) groups excluding carboxylic acids is 1. The monoisotopic (exact) mass is 372 g/mol. The minimum Gasteiger partial charge on any atom is -0.357 e. The van der Waals surface area contributed by atoms with Crippen LogP contribution in [0.4, 0.5) is 0 Å². The molecular weight excluding hydrogens is 348 g/mol. The second-order valence-corrected chi connectivity index (χ2v) is 6.21. The van der Waals surface area contributed by atoms with Crippen molar-refractivity contribution in [1.29, 1.82) is 0 Å². The maximum absolute atomic E-state index is 11.7. The van der Waals surface area contributed by atoms with E-state index in [2.05, 4.69) is 20.9 Å². The Kier molecular flexibility index (Phi) is 7.96. The third kappa shape index (κ3) is 6.41. The number of halogens is 1. The molecule has 2 aromatic rings. The van der Waals surface area contributed by atoms with Gasteiger partial charge in [0, 0.05) is 30.7 Å². The number of rotatable bonds is 7. The Labute approximate surface area is 159 Å². The number of guanidine groups is 1. The van der Waals surface area contributed by atoms with Crippen LogP contribution in [0, 0.1) is 0 Å². The van der Waals surface area contributed by atoms with Gasteiger partial charge in [0.1, 0.15) is 0 Å². The molecule has 138 valence electrons. The molecule has 6 heteroatoms. The molecule has 0 spiro atoms. The van der Waals surface area contributed by atoms with Crippen molar-refractivity contribution in [1.82, 2.24) is 16.0 Å². The van der Waals surface area contributed by atoms with E-state index in [0.29, 0.717) is 12.1 Å². The Bertz CT molecular complexity index is 744. The fourth-order valence-corrected chi connectivity index (χ4v) is 2.57. The van der Waals surface area contributed by atoms with E-state index < -0.39 is 0 Å². The van der Waals surface area contributed by atoms with Crippen LogP contribution < -0.4 is 16.0 Å². The van der Waals surface area contributed by atoms with E-state index in [9.17, 15) is 4.79 Å². The van der Waals surface area contributed by atoms with Crippen molar-refractivity contribution in [3.63, 3.8) is 0 Å². The lowest BCUT2D eigenvalue weighted by Crippen LogP contribution is -2.38. The summed E-state index contributed by atoms with van der Waals surface area (Å²) in [6.45, 7) is 4.08. The molecule has 1 amide bonds. The van der Waals surface area contributed by atoms with Crippen LogP contribution in [-0.4, -0.2) is 32.0 Å². The number of benzene rings is 2. The van der Waals surface area contributed by atoms with Crippen LogP contribution in [0.1, 0.15) is 28.4 Å². The molecule has 0 aliphatic carbocycles. The van der Waals surface area contributed by atoms with E-state index >= 15 is 0 Å². The summed E-state index contributed by atoms with van der Waals surface area (Å²) in [5.74, 6) is 0.663. The molecule has 2 rings (SSSR count). The zero-order valence-electron chi connectivity index (χ0n) is 15.2. The summed E-state index contributed by atoms with van der Waals surface area (Å²) < 4.78 is 0. The van der Waals surface area contributed by atoms with Crippen molar-refractivity contribution in [2.24, 2.45) is 4.99 Å². The standard InChI is InChI=1S/C20H25ClN4O/c1-3-23-20(24-12-11-15-7-9-18(21)10-8-15)25-14-16-5-4-6-17(13-16)19(26)22-2/h4-10,13H,3,11-12,14H2,1-2H3,(H,22,26)(H2,23,24,25). The van der Waals surface area contributed by atoms with E-state index in [-0.39, 0.29) is 5.91 Å². The van der Waals surface area contributed by atoms with Crippen LogP contribution in [0.5, 0.6) is 0 Å². The lowest BCUT2D eigenvalue weighted by atomic mass is 10.1. The summed E-state index contributed by atoms with van der Waals surface area (Å²) in [6, 6.07) is 15.3. The highest BCUT2D eigenvalue weighted by Gasteiger charge is 2.04. The van der Waals surface area contributed by atoms with Gasteiger partial charge in [-0.2, -0.15) is 0 Å². The van der Waals surface area contributed by atoms with Gasteiger partial charge in [0.15, 0.2) is 5.96 Å². The highest BCUT2D eigenvalue weighted by atomic mass is 35.5. The zero-order valence-corrected chi connectivity index (χ0v) is 15.9. The molecule has 0 aliphatic rings. The van der Waals surface area contributed by atoms with Crippen molar-refractivity contribution in [2.75, 3.05) is 20.1 Å². The first kappa shape index (κ1) is 19.8. The molecule has 0 fully saturated rings. The third-order valence-electron chi connectivity index (χ3n) is 3.80. The second kappa shape index (κ2) is 10.5. The first-order valence-corrected chi connectivity index (χ1v) is 9.07. The predicted octanol–water partition coefficient (Wildman–Crippen LogP) is 3.00. The van der Waals surface area contributed by atoms with Crippen molar-refractivity contribution in [3.05, 3.63) is 70.2 Å². The molecule has 0 radical (unpaired) electrons. The summed E-state index contributed by atoms with van der Waals surface area (Å²) >= 11 is 5.91. The summed E-state index contributed by atoms with van der Waals surface area (Å²) in [5, 5.41) is 9.94. The van der Waals surface area contributed by atoms with Crippen molar-refractivity contribution >= 4 is 23.5 Å². The Balaban J connectivity index is 1.93. The van der Waals surface area contributed by atoms with Crippen molar-refractivity contribution in [3.8, 4) is 0 Å². The Morgan fingerprint density at radius 2 is 1.85 bits per heavy atom. The molecule has 0 unspecified atom stereocenters. The minimum absolute atomic E-state index is 0.0937. The largest absolute Gasteiger partial charge is 0.357 e. The highest BCUT2D eigenvalue weighted by molar-refractivity contribution is 6.30. The highest BCUT2D eigenvalue weighted by Crippen LogP contribution is 2.09. The van der Waals surface area contributed by atoms with E-state index in [4.69, 9.17) is 11.6 Å². The number of nitrogens with zero attached hydrogens (tertiary/aromatic N) is 1. The van der Waals surface area contributed by atoms with Gasteiger partial charge in [-0.25, -0.2) is 4.99 Å². The van der Waals surface area contributed by atoms with Gasteiger partial charge in [-0.3, -0.25) is 4.79 Å². The molecule has 26 heavy (non-hydrogen) atoms. The number of aliphatic imine (C=N–C) groups is 1. The smallest absolute Gasteiger partial charge is 0.251 e. The number of hydrogen-bond donors (Lipinski definition) is 3. The van der Waals surface area contributed by atoms with Crippen LogP contribution >= 0.6 is 11.6 Å². The van der Waals surface area contributed by atoms with Crippen LogP contribution in [0.15, 0.2) is 53.5 Å². The molecule has 5 nitrogen and oxygen atoms in total. The molecule has 3 N–H and O–H groups in total. The van der Waals surface area contributed by atoms with Gasteiger partial charge >= 0.3 is 0 Å². The normalized spacial score (nSPS) is 11.1. The topological polar surface area (TPSA) is 65.5 Å². The summed E-state index contributed by atoms with van der Waals surface area (Å²) in [6.07, 6.45) is 0.883. The number of nitrogens with one attached hydrogen (secondary N) is 3. The molecule has 0 aromatic heterocycles. The van der Waals surface area contributed by atoms with Gasteiger partial charge in [-0.1, -0.05) is 35.9 Å². The van der Waals surface area contributed by atoms with Crippen LogP contribution in [0.2, 0.25) is 5.02 Å². The SMILES string of the molecule is CCNC(=NCc1cccc(C(=O)NC)c1)NCCc1ccc(Cl)cc1. The molecule has 0 saturated carbocycles. The Morgan fingerprint density at radius 1 is 1.08 bits per heavy atom. The first-order valence-electron chi connectivity index (χ1n) is 8.70. The summed E-state index contributed by atoms with van der Waals surface area (Å²) in [7, 11) is 1.63. The molecule has 0 aliphatic heterocycles. The van der Waals surface area contributed by atoms with Gasteiger partial charge in [0.05, 0.1) is 6.54 Å². The molecule has 0 bridgehead atoms. The second-order valence-electron chi connectivity index (χ2n) is 5.78. The average Bonchev–Trinajstić information content (AvgIpc) is 2.67. The molecule has 2 aromatic carbocycles. The number of hydrogen-bond acceptors (Lipinski definition) is 2. The number of carbonyl (C=O) groups is 1. The minimum atomic E-state index is -0.0937. The van der Waals surface area contributed by atoms with E-state index in [1.807, 2.05) is 49.4 Å². The van der Waals surface area contributed by atoms with Gasteiger partial charge in [0.25, 0.3) is 5.91 Å². The molecule has 0 saturated heterocycles. The van der Waals surface area contributed by atoms with Gasteiger partial charge in [-0.15, -0.1) is 0 Å². The van der Waals surface area contributed by atoms with Crippen LogP contribution in [-0.2, 0) is 13.0 Å². The van der Waals surface area contributed by atoms with Crippen LogP contribution in [0.3, 0.4) is 0 Å². The third-order valence-corrected chi connectivity index (χ3v) is 4.05. The van der Waals surface area contributed by atoms with Gasteiger partial charge < -0.3 is 16.0 Å². The molecule has 0 heterocycles. The fourth-order valence-electron chi connectivity index (χ4n) is 2.44. The van der Waals surface area contributed by atoms with Gasteiger partial charge in [0.2, 0.25) is 0 Å². The maximum Gasteiger partial charge on any atom is 0.251 e. The van der Waals surface area contributed by atoms with Gasteiger partial charge in [-0.05, 0) is 48.7 Å². The quantitative estimate of drug-likeness (QED) is 0.517. The fraction of sp³-hybridized carbons (Fsp3) is 0.300. The van der Waals surface area contributed by atoms with Crippen molar-refractivity contribution in [2.45, 2.75) is 19.9 Å². The zero-order chi connectivity index (χ0) is 18.8. The Hall–Kier alpha value is -2.53. The maximum atomic E-state index is 11.7. The van der Waals surface area contributed by atoms with Crippen LogP contribution in [0.25, 0.3) is 0 Å². The van der Waals surface area contributed by atoms with Crippen molar-refractivity contribution < 1.29 is 4.79 Å². The summed E-state index contributed by atoms with van der Waals surface area (Å²) in [4.78, 5) is 16.3. The average molecular weight is 373 g/mol. The van der Waals surface area contributed by atoms with E-state index in [1.165, 1.54) is 5.56 Å². The lowest BCUT2D eigenvalue weighted by Gasteiger charge is -2.11. The molecular formula is C20H25ClN4O. The lowest BCUT2D eigenvalue weighted by molar-refractivity contribution is 0.0963. The Morgan fingerprint density at radius 3 is 2.54 bits per heavy atom. The van der Waals surface area contributed by atoms with E-state index in [0.717, 1.165) is 36.1 Å². The molecule has 0 atom stereocenters. The predicted molar refractivity (Wildman–Crippen MR) is 108 cm³/mol. The summed E-state index contributed by atoms with van der Waals surface area (Å²) in [5.41, 5.74) is 2.85. The van der Waals surface area contributed by atoms with E-state index in [1.54, 1.807) is 13.1 Å². The first-order chi connectivity index (χ1) is 12.6. The number of amides is 1.